The Hall–Kier alpha value is -1.88. The van der Waals surface area contributed by atoms with E-state index in [1.54, 1.807) is 0 Å². The number of amides is 1. The van der Waals surface area contributed by atoms with E-state index in [1.165, 1.54) is 16.9 Å². The molecule has 0 spiro atoms. The zero-order valence-corrected chi connectivity index (χ0v) is 11.8. The number of nitrogens with zero attached hydrogens (tertiary/aromatic N) is 1. The Balaban J connectivity index is 1.93. The van der Waals surface area contributed by atoms with Gasteiger partial charge in [0, 0.05) is 5.38 Å². The number of thiazole rings is 1. The Bertz CT molecular complexity index is 562. The van der Waals surface area contributed by atoms with Crippen molar-refractivity contribution in [3.05, 3.63) is 46.5 Å². The highest BCUT2D eigenvalue weighted by molar-refractivity contribution is 7.13. The third-order valence-electron chi connectivity index (χ3n) is 2.87. The lowest BCUT2D eigenvalue weighted by Crippen LogP contribution is -2.28. The Morgan fingerprint density at radius 1 is 1.42 bits per heavy atom. The van der Waals surface area contributed by atoms with Crippen LogP contribution < -0.4 is 11.1 Å². The first-order valence-corrected chi connectivity index (χ1v) is 6.98. The number of carbonyl (C=O) groups is 1. The first kappa shape index (κ1) is 13.5. The summed E-state index contributed by atoms with van der Waals surface area (Å²) in [5, 5.41) is 5.26. The maximum Gasteiger partial charge on any atom is 0.226 e. The van der Waals surface area contributed by atoms with Gasteiger partial charge in [0.2, 0.25) is 5.91 Å². The van der Waals surface area contributed by atoms with Crippen molar-refractivity contribution >= 4 is 22.4 Å². The summed E-state index contributed by atoms with van der Waals surface area (Å²) in [7, 11) is 0. The van der Waals surface area contributed by atoms with E-state index >= 15 is 0 Å². The number of anilines is 1. The fraction of sp³-hybridized carbons (Fsp3) is 0.286. The molecule has 0 bridgehead atoms. The molecule has 1 atom stereocenters. The number of hydrogen-bond acceptors (Lipinski definition) is 4. The SMILES string of the molecule is Cc1ccc([C@@H](C)NC(=O)Cc2csc(N)n2)cc1. The molecule has 0 unspecified atom stereocenters. The molecule has 100 valence electrons. The molecule has 1 amide bonds. The molecule has 1 aromatic heterocycles. The standard InChI is InChI=1S/C14H17N3OS/c1-9-3-5-11(6-4-9)10(2)16-13(18)7-12-8-19-14(15)17-12/h3-6,8,10H,7H2,1-2H3,(H2,15,17)(H,16,18)/t10-/m1/s1. The van der Waals surface area contributed by atoms with Crippen LogP contribution >= 0.6 is 11.3 Å². The van der Waals surface area contributed by atoms with Gasteiger partial charge in [-0.15, -0.1) is 11.3 Å². The Morgan fingerprint density at radius 2 is 2.11 bits per heavy atom. The zero-order chi connectivity index (χ0) is 13.8. The van der Waals surface area contributed by atoms with Crippen molar-refractivity contribution in [3.63, 3.8) is 0 Å². The second kappa shape index (κ2) is 5.84. The zero-order valence-electron chi connectivity index (χ0n) is 11.0. The number of hydrogen-bond donors (Lipinski definition) is 2. The third-order valence-corrected chi connectivity index (χ3v) is 3.59. The molecule has 3 N–H and O–H groups in total. The topological polar surface area (TPSA) is 68.0 Å². The van der Waals surface area contributed by atoms with Crippen LogP contribution in [0.3, 0.4) is 0 Å². The minimum Gasteiger partial charge on any atom is -0.375 e. The van der Waals surface area contributed by atoms with Gasteiger partial charge in [0.05, 0.1) is 18.2 Å². The Labute approximate surface area is 116 Å². The van der Waals surface area contributed by atoms with E-state index in [-0.39, 0.29) is 18.4 Å². The monoisotopic (exact) mass is 275 g/mol. The lowest BCUT2D eigenvalue weighted by molar-refractivity contribution is -0.121. The van der Waals surface area contributed by atoms with Crippen LogP contribution in [-0.4, -0.2) is 10.9 Å². The number of aryl methyl sites for hydroxylation is 1. The van der Waals surface area contributed by atoms with Crippen LogP contribution in [0.25, 0.3) is 0 Å². The van der Waals surface area contributed by atoms with Gasteiger partial charge in [0.1, 0.15) is 0 Å². The molecule has 0 saturated carbocycles. The second-order valence-corrected chi connectivity index (χ2v) is 5.44. The van der Waals surface area contributed by atoms with Gasteiger partial charge >= 0.3 is 0 Å². The average molecular weight is 275 g/mol. The van der Waals surface area contributed by atoms with Crippen LogP contribution in [0, 0.1) is 6.92 Å². The highest BCUT2D eigenvalue weighted by Gasteiger charge is 2.11. The van der Waals surface area contributed by atoms with Crippen LogP contribution in [-0.2, 0) is 11.2 Å². The highest BCUT2D eigenvalue weighted by atomic mass is 32.1. The van der Waals surface area contributed by atoms with Crippen molar-refractivity contribution in [2.75, 3.05) is 5.73 Å². The number of rotatable bonds is 4. The summed E-state index contributed by atoms with van der Waals surface area (Å²) in [6.07, 6.45) is 0.268. The molecular weight excluding hydrogens is 258 g/mol. The van der Waals surface area contributed by atoms with Gasteiger partial charge in [-0.2, -0.15) is 0 Å². The molecule has 0 fully saturated rings. The number of benzene rings is 1. The minimum absolute atomic E-state index is 0.0101. The molecule has 1 aromatic carbocycles. The van der Waals surface area contributed by atoms with Crippen LogP contribution in [0.4, 0.5) is 5.13 Å². The van der Waals surface area contributed by atoms with Crippen molar-refractivity contribution in [1.29, 1.82) is 0 Å². The van der Waals surface area contributed by atoms with Gasteiger partial charge in [0.25, 0.3) is 0 Å². The Kier molecular flexibility index (Phi) is 4.16. The van der Waals surface area contributed by atoms with Crippen molar-refractivity contribution in [3.8, 4) is 0 Å². The molecule has 0 radical (unpaired) electrons. The van der Waals surface area contributed by atoms with Crippen LogP contribution in [0.15, 0.2) is 29.6 Å². The summed E-state index contributed by atoms with van der Waals surface area (Å²) < 4.78 is 0. The van der Waals surface area contributed by atoms with Gasteiger partial charge in [-0.25, -0.2) is 4.98 Å². The molecule has 0 aliphatic heterocycles. The van der Waals surface area contributed by atoms with Crippen LogP contribution in [0.1, 0.15) is 29.8 Å². The molecule has 5 heteroatoms. The Morgan fingerprint density at radius 3 is 2.68 bits per heavy atom. The maximum absolute atomic E-state index is 11.9. The normalized spacial score (nSPS) is 12.1. The predicted molar refractivity (Wildman–Crippen MR) is 78.0 cm³/mol. The fourth-order valence-corrected chi connectivity index (χ4v) is 2.36. The first-order chi connectivity index (χ1) is 9.04. The molecule has 2 rings (SSSR count). The van der Waals surface area contributed by atoms with Crippen molar-refractivity contribution in [2.24, 2.45) is 0 Å². The molecule has 0 saturated heterocycles. The fourth-order valence-electron chi connectivity index (χ4n) is 1.80. The van der Waals surface area contributed by atoms with Crippen LogP contribution in [0.2, 0.25) is 0 Å². The van der Waals surface area contributed by atoms with E-state index in [1.807, 2.05) is 43.5 Å². The summed E-state index contributed by atoms with van der Waals surface area (Å²) in [5.74, 6) is -0.0432. The van der Waals surface area contributed by atoms with E-state index in [2.05, 4.69) is 10.3 Å². The molecule has 2 aromatic rings. The van der Waals surface area contributed by atoms with Crippen molar-refractivity contribution < 1.29 is 4.79 Å². The van der Waals surface area contributed by atoms with E-state index in [9.17, 15) is 4.79 Å². The molecule has 1 heterocycles. The summed E-state index contributed by atoms with van der Waals surface area (Å²) >= 11 is 1.35. The van der Waals surface area contributed by atoms with E-state index < -0.39 is 0 Å². The molecule has 19 heavy (non-hydrogen) atoms. The lowest BCUT2D eigenvalue weighted by Gasteiger charge is -2.14. The lowest BCUT2D eigenvalue weighted by atomic mass is 10.1. The molecular formula is C14H17N3OS. The van der Waals surface area contributed by atoms with Gasteiger partial charge in [-0.1, -0.05) is 29.8 Å². The number of nitrogens with two attached hydrogens (primary N) is 1. The molecule has 0 aliphatic rings. The number of nitrogen functional groups attached to an aromatic ring is 1. The number of nitrogens with one attached hydrogen (secondary N) is 1. The number of aromatic nitrogens is 1. The first-order valence-electron chi connectivity index (χ1n) is 6.10. The van der Waals surface area contributed by atoms with Crippen LogP contribution in [0.5, 0.6) is 0 Å². The van der Waals surface area contributed by atoms with Gasteiger partial charge in [-0.3, -0.25) is 4.79 Å². The predicted octanol–water partition coefficient (Wildman–Crippen LogP) is 2.45. The van der Waals surface area contributed by atoms with E-state index in [4.69, 9.17) is 5.73 Å². The summed E-state index contributed by atoms with van der Waals surface area (Å²) in [6.45, 7) is 4.01. The summed E-state index contributed by atoms with van der Waals surface area (Å²) in [4.78, 5) is 16.0. The van der Waals surface area contributed by atoms with Gasteiger partial charge in [-0.05, 0) is 19.4 Å². The largest absolute Gasteiger partial charge is 0.375 e. The quantitative estimate of drug-likeness (QED) is 0.900. The highest BCUT2D eigenvalue weighted by Crippen LogP contribution is 2.14. The van der Waals surface area contributed by atoms with E-state index in [0.717, 1.165) is 11.3 Å². The smallest absolute Gasteiger partial charge is 0.226 e. The minimum atomic E-state index is -0.0432. The van der Waals surface area contributed by atoms with Gasteiger partial charge < -0.3 is 11.1 Å². The van der Waals surface area contributed by atoms with Gasteiger partial charge in [0.15, 0.2) is 5.13 Å². The van der Waals surface area contributed by atoms with Crippen molar-refractivity contribution in [2.45, 2.75) is 26.3 Å². The average Bonchev–Trinajstić information content (AvgIpc) is 2.75. The second-order valence-electron chi connectivity index (χ2n) is 4.55. The van der Waals surface area contributed by atoms with E-state index in [0.29, 0.717) is 5.13 Å². The summed E-state index contributed by atoms with van der Waals surface area (Å²) in [6, 6.07) is 8.13. The molecule has 4 nitrogen and oxygen atoms in total. The number of carbonyl (C=O) groups excluding carboxylic acids is 1. The van der Waals surface area contributed by atoms with Crippen molar-refractivity contribution in [1.82, 2.24) is 10.3 Å². The third kappa shape index (κ3) is 3.79. The summed E-state index contributed by atoms with van der Waals surface area (Å²) in [5.41, 5.74) is 8.56. The molecule has 0 aliphatic carbocycles. The maximum atomic E-state index is 11.9.